The van der Waals surface area contributed by atoms with Crippen molar-refractivity contribution in [3.8, 4) is 0 Å². The van der Waals surface area contributed by atoms with Crippen LogP contribution in [0.5, 0.6) is 0 Å². The fourth-order valence-electron chi connectivity index (χ4n) is 2.66. The van der Waals surface area contributed by atoms with Crippen LogP contribution in [0.15, 0.2) is 66.9 Å². The fourth-order valence-corrected chi connectivity index (χ4v) is 3.73. The zero-order chi connectivity index (χ0) is 14.2. The Balaban J connectivity index is 1.87. The number of aliphatic hydroxyl groups is 1. The van der Waals surface area contributed by atoms with E-state index < -0.39 is 6.10 Å². The first-order valence-corrected chi connectivity index (χ1v) is 7.65. The number of hydrogen-bond donors (Lipinski definition) is 1. The van der Waals surface area contributed by atoms with E-state index in [0.717, 1.165) is 21.3 Å². The topological polar surface area (TPSA) is 33.1 Å². The monoisotopic (exact) mass is 291 g/mol. The molecule has 0 aliphatic carbocycles. The molecule has 1 N–H and O–H groups in total. The Morgan fingerprint density at radius 3 is 2.76 bits per heavy atom. The number of benzene rings is 2. The van der Waals surface area contributed by atoms with Gasteiger partial charge >= 0.3 is 0 Å². The number of aliphatic hydroxyl groups excluding tert-OH is 1. The maximum absolute atomic E-state index is 10.8. The predicted octanol–water partition coefficient (Wildman–Crippen LogP) is 4.53. The number of pyridine rings is 1. The van der Waals surface area contributed by atoms with Crippen molar-refractivity contribution in [1.29, 1.82) is 0 Å². The van der Waals surface area contributed by atoms with E-state index in [4.69, 9.17) is 0 Å². The van der Waals surface area contributed by atoms with Gasteiger partial charge in [0.15, 0.2) is 0 Å². The second kappa shape index (κ2) is 4.95. The van der Waals surface area contributed by atoms with Crippen LogP contribution in [0.4, 0.5) is 0 Å². The maximum atomic E-state index is 10.8. The van der Waals surface area contributed by atoms with Crippen LogP contribution in [0, 0.1) is 0 Å². The molecule has 0 radical (unpaired) electrons. The van der Waals surface area contributed by atoms with Gasteiger partial charge in [-0.2, -0.15) is 0 Å². The molecule has 1 atom stereocenters. The molecular weight excluding hydrogens is 278 g/mol. The van der Waals surface area contributed by atoms with E-state index in [0.29, 0.717) is 0 Å². The van der Waals surface area contributed by atoms with E-state index in [2.05, 4.69) is 23.2 Å². The summed E-state index contributed by atoms with van der Waals surface area (Å²) in [6.45, 7) is 0. The summed E-state index contributed by atoms with van der Waals surface area (Å²) >= 11 is 1.64. The first kappa shape index (κ1) is 12.5. The van der Waals surface area contributed by atoms with Crippen molar-refractivity contribution in [2.24, 2.45) is 0 Å². The Labute approximate surface area is 126 Å². The summed E-state index contributed by atoms with van der Waals surface area (Å²) in [6.07, 6.45) is 1.16. The average molecular weight is 291 g/mol. The van der Waals surface area contributed by atoms with Crippen molar-refractivity contribution in [2.75, 3.05) is 0 Å². The first-order valence-electron chi connectivity index (χ1n) is 6.83. The third-order valence-corrected chi connectivity index (χ3v) is 4.86. The third-order valence-electron chi connectivity index (χ3n) is 3.69. The Morgan fingerprint density at radius 2 is 1.86 bits per heavy atom. The largest absolute Gasteiger partial charge is 0.383 e. The molecule has 1 unspecified atom stereocenters. The molecule has 0 saturated heterocycles. The smallest absolute Gasteiger partial charge is 0.114 e. The van der Waals surface area contributed by atoms with E-state index in [1.165, 1.54) is 10.1 Å². The molecule has 0 fully saturated rings. The second-order valence-electron chi connectivity index (χ2n) is 5.01. The third kappa shape index (κ3) is 2.11. The lowest BCUT2D eigenvalue weighted by atomic mass is 10.0. The van der Waals surface area contributed by atoms with Gasteiger partial charge in [0.05, 0.1) is 5.52 Å². The molecule has 2 heterocycles. The van der Waals surface area contributed by atoms with Crippen molar-refractivity contribution in [3.05, 3.63) is 77.3 Å². The Bertz CT molecular complexity index is 890. The van der Waals surface area contributed by atoms with E-state index >= 15 is 0 Å². The van der Waals surface area contributed by atoms with Crippen molar-refractivity contribution >= 4 is 32.3 Å². The minimum Gasteiger partial charge on any atom is -0.383 e. The van der Waals surface area contributed by atoms with Gasteiger partial charge in [-0.1, -0.05) is 36.4 Å². The van der Waals surface area contributed by atoms with Gasteiger partial charge < -0.3 is 5.11 Å². The summed E-state index contributed by atoms with van der Waals surface area (Å²) in [7, 11) is 0. The van der Waals surface area contributed by atoms with Gasteiger partial charge in [-0.05, 0) is 35.2 Å². The Morgan fingerprint density at radius 1 is 0.952 bits per heavy atom. The number of aromatic nitrogens is 1. The van der Waals surface area contributed by atoms with Gasteiger partial charge in [-0.3, -0.25) is 4.98 Å². The summed E-state index contributed by atoms with van der Waals surface area (Å²) in [5.41, 5.74) is 1.82. The maximum Gasteiger partial charge on any atom is 0.114 e. The van der Waals surface area contributed by atoms with E-state index in [1.807, 2.05) is 42.5 Å². The fraction of sp³-hybridized carbons (Fsp3) is 0.0556. The molecule has 0 aliphatic rings. The molecule has 0 spiro atoms. The molecule has 3 heteroatoms. The first-order chi connectivity index (χ1) is 10.3. The van der Waals surface area contributed by atoms with Crippen LogP contribution in [-0.4, -0.2) is 10.1 Å². The molecule has 2 nitrogen and oxygen atoms in total. The number of thiophene rings is 1. The lowest BCUT2D eigenvalue weighted by Crippen LogP contribution is -1.98. The molecule has 4 rings (SSSR count). The van der Waals surface area contributed by atoms with Crippen molar-refractivity contribution in [2.45, 2.75) is 6.10 Å². The highest BCUT2D eigenvalue weighted by molar-refractivity contribution is 7.19. The minimum atomic E-state index is -0.615. The molecule has 0 bridgehead atoms. The normalized spacial score (nSPS) is 12.8. The van der Waals surface area contributed by atoms with E-state index in [-0.39, 0.29) is 0 Å². The van der Waals surface area contributed by atoms with Crippen LogP contribution >= 0.6 is 11.3 Å². The van der Waals surface area contributed by atoms with Crippen LogP contribution in [0.2, 0.25) is 0 Å². The van der Waals surface area contributed by atoms with E-state index in [1.54, 1.807) is 17.5 Å². The molecule has 2 aromatic carbocycles. The van der Waals surface area contributed by atoms with Gasteiger partial charge in [0.1, 0.15) is 6.10 Å². The Hall–Kier alpha value is -2.23. The molecule has 4 aromatic rings. The zero-order valence-corrected chi connectivity index (χ0v) is 12.0. The molecule has 21 heavy (non-hydrogen) atoms. The number of rotatable bonds is 2. The average Bonchev–Trinajstić information content (AvgIpc) is 2.97. The summed E-state index contributed by atoms with van der Waals surface area (Å²) in [5.74, 6) is 0. The quantitative estimate of drug-likeness (QED) is 0.588. The lowest BCUT2D eigenvalue weighted by Gasteiger charge is -2.11. The second-order valence-corrected chi connectivity index (χ2v) is 6.12. The number of hydrogen-bond acceptors (Lipinski definition) is 3. The summed E-state index contributed by atoms with van der Waals surface area (Å²) in [5, 5.41) is 13.0. The standard InChI is InChI=1S/C18H13NOS/c20-18(17-11-12-5-1-2-9-16(12)21-17)14-6-3-8-15-13(14)7-4-10-19-15/h1-11,18,20H. The van der Waals surface area contributed by atoms with Crippen LogP contribution in [0.25, 0.3) is 21.0 Å². The molecule has 2 aromatic heterocycles. The lowest BCUT2D eigenvalue weighted by molar-refractivity contribution is 0.226. The van der Waals surface area contributed by atoms with Gasteiger partial charge in [-0.15, -0.1) is 11.3 Å². The van der Waals surface area contributed by atoms with Crippen molar-refractivity contribution < 1.29 is 5.11 Å². The number of nitrogens with zero attached hydrogens (tertiary/aromatic N) is 1. The minimum absolute atomic E-state index is 0.615. The Kier molecular flexibility index (Phi) is 2.95. The summed E-state index contributed by atoms with van der Waals surface area (Å²) < 4.78 is 1.20. The van der Waals surface area contributed by atoms with Gasteiger partial charge in [0.2, 0.25) is 0 Å². The van der Waals surface area contributed by atoms with Crippen molar-refractivity contribution in [1.82, 2.24) is 4.98 Å². The van der Waals surface area contributed by atoms with Gasteiger partial charge in [-0.25, -0.2) is 0 Å². The summed E-state index contributed by atoms with van der Waals surface area (Å²) in [6, 6.07) is 20.1. The van der Waals surface area contributed by atoms with Crippen LogP contribution < -0.4 is 0 Å². The molecule has 0 amide bonds. The highest BCUT2D eigenvalue weighted by Gasteiger charge is 2.16. The van der Waals surface area contributed by atoms with Gasteiger partial charge in [0, 0.05) is 21.2 Å². The highest BCUT2D eigenvalue weighted by Crippen LogP contribution is 2.35. The zero-order valence-electron chi connectivity index (χ0n) is 11.2. The van der Waals surface area contributed by atoms with Crippen molar-refractivity contribution in [3.63, 3.8) is 0 Å². The molecule has 0 saturated carbocycles. The highest BCUT2D eigenvalue weighted by atomic mass is 32.1. The predicted molar refractivity (Wildman–Crippen MR) is 87.6 cm³/mol. The van der Waals surface area contributed by atoms with Crippen LogP contribution in [-0.2, 0) is 0 Å². The molecular formula is C18H13NOS. The molecule has 102 valence electrons. The van der Waals surface area contributed by atoms with Gasteiger partial charge in [0.25, 0.3) is 0 Å². The SMILES string of the molecule is OC(c1cc2ccccc2s1)c1cccc2ncccc12. The van der Waals surface area contributed by atoms with E-state index in [9.17, 15) is 5.11 Å². The molecule has 0 aliphatic heterocycles. The van der Waals surface area contributed by atoms with Crippen LogP contribution in [0.1, 0.15) is 16.5 Å². The summed E-state index contributed by atoms with van der Waals surface area (Å²) in [4.78, 5) is 5.32. The van der Waals surface area contributed by atoms with Crippen LogP contribution in [0.3, 0.4) is 0 Å². The number of fused-ring (bicyclic) bond motifs is 2.